The summed E-state index contributed by atoms with van der Waals surface area (Å²) in [6.45, 7) is 2.30. The zero-order valence-corrected chi connectivity index (χ0v) is 10.4. The molecule has 0 spiro atoms. The highest BCUT2D eigenvalue weighted by molar-refractivity contribution is 7.89. The van der Waals surface area contributed by atoms with Crippen LogP contribution < -0.4 is 15.8 Å². The van der Waals surface area contributed by atoms with Gasteiger partial charge in [-0.15, -0.1) is 0 Å². The second-order valence-corrected chi connectivity index (χ2v) is 5.17. The molecule has 0 saturated heterocycles. The molecular weight excluding hydrogens is 242 g/mol. The van der Waals surface area contributed by atoms with Crippen LogP contribution in [0, 0.1) is 0 Å². The number of aliphatic hydroxyl groups is 1. The summed E-state index contributed by atoms with van der Waals surface area (Å²) < 4.78 is 25.9. The third kappa shape index (κ3) is 3.58. The molecular formula is C10H17N3O3S. The third-order valence-corrected chi connectivity index (χ3v) is 3.64. The van der Waals surface area contributed by atoms with E-state index in [0.29, 0.717) is 24.5 Å². The van der Waals surface area contributed by atoms with Gasteiger partial charge in [-0.3, -0.25) is 0 Å². The molecule has 1 aromatic rings. The van der Waals surface area contributed by atoms with E-state index in [1.807, 2.05) is 0 Å². The molecule has 0 aliphatic heterocycles. The zero-order valence-electron chi connectivity index (χ0n) is 9.60. The minimum Gasteiger partial charge on any atom is -0.397 e. The van der Waals surface area contributed by atoms with E-state index in [2.05, 4.69) is 10.0 Å². The lowest BCUT2D eigenvalue weighted by atomic mass is 10.2. The van der Waals surface area contributed by atoms with E-state index in [1.54, 1.807) is 6.92 Å². The van der Waals surface area contributed by atoms with Crippen molar-refractivity contribution in [3.8, 4) is 0 Å². The molecule has 0 bridgehead atoms. The second-order valence-electron chi connectivity index (χ2n) is 3.40. The van der Waals surface area contributed by atoms with Gasteiger partial charge in [-0.25, -0.2) is 13.1 Å². The van der Waals surface area contributed by atoms with Crippen LogP contribution in [0.15, 0.2) is 23.1 Å². The molecule has 0 unspecified atom stereocenters. The number of rotatable bonds is 6. The number of hydrogen-bond donors (Lipinski definition) is 4. The largest absolute Gasteiger partial charge is 0.397 e. The topological polar surface area (TPSA) is 104 Å². The highest BCUT2D eigenvalue weighted by Gasteiger charge is 2.13. The minimum absolute atomic E-state index is 0.0520. The first-order valence-electron chi connectivity index (χ1n) is 5.25. The van der Waals surface area contributed by atoms with Gasteiger partial charge in [-0.1, -0.05) is 6.92 Å². The SMILES string of the molecule is CCNS(=O)(=O)c1ccc(N)c(NCCO)c1. The van der Waals surface area contributed by atoms with E-state index in [-0.39, 0.29) is 11.5 Å². The van der Waals surface area contributed by atoms with Crippen molar-refractivity contribution in [2.45, 2.75) is 11.8 Å². The molecule has 0 aliphatic rings. The van der Waals surface area contributed by atoms with Gasteiger partial charge in [-0.05, 0) is 18.2 Å². The van der Waals surface area contributed by atoms with Gasteiger partial charge in [0.05, 0.1) is 22.9 Å². The molecule has 0 aliphatic carbocycles. The molecule has 6 nitrogen and oxygen atoms in total. The van der Waals surface area contributed by atoms with Crippen LogP contribution in [0.5, 0.6) is 0 Å². The maximum atomic E-state index is 11.7. The number of anilines is 2. The van der Waals surface area contributed by atoms with E-state index in [9.17, 15) is 8.42 Å². The number of sulfonamides is 1. The van der Waals surface area contributed by atoms with E-state index in [1.165, 1.54) is 18.2 Å². The molecule has 5 N–H and O–H groups in total. The monoisotopic (exact) mass is 259 g/mol. The first kappa shape index (κ1) is 13.8. The quantitative estimate of drug-likeness (QED) is 0.537. The van der Waals surface area contributed by atoms with Gasteiger partial charge in [0.25, 0.3) is 0 Å². The first-order valence-corrected chi connectivity index (χ1v) is 6.73. The highest BCUT2D eigenvalue weighted by Crippen LogP contribution is 2.22. The summed E-state index contributed by atoms with van der Waals surface area (Å²) in [4.78, 5) is 0.147. The molecule has 0 heterocycles. The molecule has 0 aromatic heterocycles. The second kappa shape index (κ2) is 5.85. The van der Waals surface area contributed by atoms with Crippen molar-refractivity contribution in [2.24, 2.45) is 0 Å². The van der Waals surface area contributed by atoms with Crippen molar-refractivity contribution in [1.29, 1.82) is 0 Å². The molecule has 96 valence electrons. The van der Waals surface area contributed by atoms with E-state index < -0.39 is 10.0 Å². The average Bonchev–Trinajstić information content (AvgIpc) is 2.27. The number of hydrogen-bond acceptors (Lipinski definition) is 5. The molecule has 1 aromatic carbocycles. The molecule has 0 amide bonds. The maximum absolute atomic E-state index is 11.7. The van der Waals surface area contributed by atoms with Crippen molar-refractivity contribution in [1.82, 2.24) is 4.72 Å². The van der Waals surface area contributed by atoms with Crippen molar-refractivity contribution in [3.05, 3.63) is 18.2 Å². The maximum Gasteiger partial charge on any atom is 0.240 e. The molecule has 0 saturated carbocycles. The van der Waals surface area contributed by atoms with Crippen LogP contribution in [0.2, 0.25) is 0 Å². The molecule has 0 radical (unpaired) electrons. The van der Waals surface area contributed by atoms with Gasteiger partial charge in [0.15, 0.2) is 0 Å². The van der Waals surface area contributed by atoms with Gasteiger partial charge in [0.1, 0.15) is 0 Å². The minimum atomic E-state index is -3.48. The van der Waals surface area contributed by atoms with Gasteiger partial charge >= 0.3 is 0 Å². The Morgan fingerprint density at radius 3 is 2.71 bits per heavy atom. The number of aliphatic hydroxyl groups excluding tert-OH is 1. The number of benzene rings is 1. The summed E-state index contributed by atoms with van der Waals surface area (Å²) in [5, 5.41) is 11.5. The smallest absolute Gasteiger partial charge is 0.240 e. The number of nitrogen functional groups attached to an aromatic ring is 1. The fourth-order valence-electron chi connectivity index (χ4n) is 1.32. The Bertz CT molecular complexity index is 474. The van der Waals surface area contributed by atoms with Gasteiger partial charge in [0.2, 0.25) is 10.0 Å². The third-order valence-electron chi connectivity index (χ3n) is 2.10. The molecule has 1 rings (SSSR count). The Hall–Kier alpha value is -1.31. The van der Waals surface area contributed by atoms with Crippen LogP contribution in [-0.4, -0.2) is 33.2 Å². The summed E-state index contributed by atoms with van der Waals surface area (Å²) in [5.41, 5.74) is 6.63. The van der Waals surface area contributed by atoms with Crippen LogP contribution in [-0.2, 0) is 10.0 Å². The van der Waals surface area contributed by atoms with Gasteiger partial charge in [0, 0.05) is 13.1 Å². The standard InChI is InChI=1S/C10H17N3O3S/c1-2-13-17(15,16)8-3-4-9(11)10(7-8)12-5-6-14/h3-4,7,12-14H,2,5-6,11H2,1H3. The lowest BCUT2D eigenvalue weighted by Gasteiger charge is -2.11. The molecule has 7 heteroatoms. The number of nitrogens with one attached hydrogen (secondary N) is 2. The van der Waals surface area contributed by atoms with E-state index >= 15 is 0 Å². The van der Waals surface area contributed by atoms with Crippen molar-refractivity contribution in [3.63, 3.8) is 0 Å². The summed E-state index contributed by atoms with van der Waals surface area (Å²) >= 11 is 0. The van der Waals surface area contributed by atoms with Crippen LogP contribution in [0.4, 0.5) is 11.4 Å². The normalized spacial score (nSPS) is 11.4. The van der Waals surface area contributed by atoms with Crippen molar-refractivity contribution < 1.29 is 13.5 Å². The summed E-state index contributed by atoms with van der Waals surface area (Å²) in [6, 6.07) is 4.41. The average molecular weight is 259 g/mol. The van der Waals surface area contributed by atoms with Crippen LogP contribution in [0.25, 0.3) is 0 Å². The van der Waals surface area contributed by atoms with Crippen LogP contribution >= 0.6 is 0 Å². The zero-order chi connectivity index (χ0) is 12.9. The first-order chi connectivity index (χ1) is 8.01. The Morgan fingerprint density at radius 2 is 2.12 bits per heavy atom. The Kier molecular flexibility index (Phi) is 4.73. The Morgan fingerprint density at radius 1 is 1.41 bits per heavy atom. The number of nitrogens with two attached hydrogens (primary N) is 1. The van der Waals surface area contributed by atoms with Crippen molar-refractivity contribution >= 4 is 21.4 Å². The lowest BCUT2D eigenvalue weighted by Crippen LogP contribution is -2.23. The summed E-state index contributed by atoms with van der Waals surface area (Å²) in [6.07, 6.45) is 0. The summed E-state index contributed by atoms with van der Waals surface area (Å²) in [5.74, 6) is 0. The predicted octanol–water partition coefficient (Wildman–Crippen LogP) is -0.0288. The fraction of sp³-hybridized carbons (Fsp3) is 0.400. The Balaban J connectivity index is 3.03. The van der Waals surface area contributed by atoms with Gasteiger partial charge in [-0.2, -0.15) is 0 Å². The molecule has 0 atom stereocenters. The Labute approximate surface area is 101 Å². The summed E-state index contributed by atoms with van der Waals surface area (Å²) in [7, 11) is -3.48. The highest BCUT2D eigenvalue weighted by atomic mass is 32.2. The lowest BCUT2D eigenvalue weighted by molar-refractivity contribution is 0.311. The van der Waals surface area contributed by atoms with Crippen LogP contribution in [0.3, 0.4) is 0 Å². The van der Waals surface area contributed by atoms with Crippen molar-refractivity contribution in [2.75, 3.05) is 30.7 Å². The van der Waals surface area contributed by atoms with E-state index in [0.717, 1.165) is 0 Å². The fourth-order valence-corrected chi connectivity index (χ4v) is 2.39. The van der Waals surface area contributed by atoms with E-state index in [4.69, 9.17) is 10.8 Å². The molecule has 17 heavy (non-hydrogen) atoms. The predicted molar refractivity (Wildman–Crippen MR) is 67.3 cm³/mol. The van der Waals surface area contributed by atoms with Crippen LogP contribution in [0.1, 0.15) is 6.92 Å². The molecule has 0 fully saturated rings. The van der Waals surface area contributed by atoms with Gasteiger partial charge < -0.3 is 16.2 Å².